The fraction of sp³-hybridized carbons (Fsp3) is 0.250. The first kappa shape index (κ1) is 15.1. The lowest BCUT2D eigenvalue weighted by Crippen LogP contribution is -2.09. The molecule has 0 aliphatic heterocycles. The molecule has 2 aromatic carbocycles. The minimum absolute atomic E-state index is 0.153. The summed E-state index contributed by atoms with van der Waals surface area (Å²) >= 11 is 0. The Balaban J connectivity index is 2.03. The van der Waals surface area contributed by atoms with E-state index in [9.17, 15) is 8.78 Å². The number of rotatable bonds is 6. The summed E-state index contributed by atoms with van der Waals surface area (Å²) in [7, 11) is 0. The zero-order chi connectivity index (χ0) is 15.2. The van der Waals surface area contributed by atoms with E-state index in [0.29, 0.717) is 36.5 Å². The van der Waals surface area contributed by atoms with Crippen molar-refractivity contribution in [3.05, 3.63) is 53.6 Å². The van der Waals surface area contributed by atoms with Crippen LogP contribution in [0.1, 0.15) is 12.5 Å². The van der Waals surface area contributed by atoms with Gasteiger partial charge in [-0.3, -0.25) is 0 Å². The molecule has 0 aliphatic carbocycles. The molecule has 0 bridgehead atoms. The third-order valence-corrected chi connectivity index (χ3v) is 3.07. The van der Waals surface area contributed by atoms with E-state index in [-0.39, 0.29) is 11.6 Å². The topological polar surface area (TPSA) is 47.3 Å². The molecule has 0 aliphatic rings. The van der Waals surface area contributed by atoms with Gasteiger partial charge >= 0.3 is 0 Å². The molecule has 0 unspecified atom stereocenters. The normalized spacial score (nSPS) is 10.4. The Hall–Kier alpha value is -2.30. The van der Waals surface area contributed by atoms with Crippen molar-refractivity contribution >= 4 is 11.4 Å². The van der Waals surface area contributed by atoms with E-state index in [1.54, 1.807) is 25.1 Å². The first-order valence-electron chi connectivity index (χ1n) is 6.81. The van der Waals surface area contributed by atoms with Gasteiger partial charge in [-0.1, -0.05) is 18.2 Å². The maximum absolute atomic E-state index is 13.6. The smallest absolute Gasteiger partial charge is 0.167 e. The first-order valence-corrected chi connectivity index (χ1v) is 6.81. The zero-order valence-electron chi connectivity index (χ0n) is 11.8. The molecule has 0 spiro atoms. The fourth-order valence-corrected chi connectivity index (χ4v) is 2.02. The summed E-state index contributed by atoms with van der Waals surface area (Å²) in [5, 5.41) is 3.08. The van der Waals surface area contributed by atoms with Crippen LogP contribution in [0.4, 0.5) is 20.2 Å². The van der Waals surface area contributed by atoms with Crippen LogP contribution in [0.5, 0.6) is 5.75 Å². The second-order valence-electron chi connectivity index (χ2n) is 4.57. The summed E-state index contributed by atoms with van der Waals surface area (Å²) in [4.78, 5) is 0. The quantitative estimate of drug-likeness (QED) is 0.800. The molecule has 21 heavy (non-hydrogen) atoms. The van der Waals surface area contributed by atoms with E-state index >= 15 is 0 Å². The SMILES string of the molecule is CCOc1cc(NCCc2ccccc2F)c(N)cc1F. The van der Waals surface area contributed by atoms with Crippen molar-refractivity contribution in [1.29, 1.82) is 0 Å². The van der Waals surface area contributed by atoms with Crippen molar-refractivity contribution in [3.63, 3.8) is 0 Å². The molecule has 0 atom stereocenters. The molecule has 0 amide bonds. The number of benzene rings is 2. The van der Waals surface area contributed by atoms with E-state index in [0.717, 1.165) is 0 Å². The van der Waals surface area contributed by atoms with Gasteiger partial charge in [-0.25, -0.2) is 8.78 Å². The molecular weight excluding hydrogens is 274 g/mol. The molecule has 3 nitrogen and oxygen atoms in total. The number of hydrogen-bond donors (Lipinski definition) is 2. The van der Waals surface area contributed by atoms with Crippen LogP contribution >= 0.6 is 0 Å². The number of hydrogen-bond acceptors (Lipinski definition) is 3. The van der Waals surface area contributed by atoms with Gasteiger partial charge in [0.2, 0.25) is 0 Å². The van der Waals surface area contributed by atoms with Crippen molar-refractivity contribution in [2.75, 3.05) is 24.2 Å². The van der Waals surface area contributed by atoms with E-state index in [2.05, 4.69) is 5.32 Å². The molecule has 3 N–H and O–H groups in total. The van der Waals surface area contributed by atoms with E-state index < -0.39 is 5.82 Å². The molecule has 0 heterocycles. The third-order valence-electron chi connectivity index (χ3n) is 3.07. The van der Waals surface area contributed by atoms with Crippen molar-refractivity contribution in [1.82, 2.24) is 0 Å². The largest absolute Gasteiger partial charge is 0.491 e. The van der Waals surface area contributed by atoms with Gasteiger partial charge < -0.3 is 15.8 Å². The van der Waals surface area contributed by atoms with Crippen LogP contribution in [0, 0.1) is 11.6 Å². The minimum atomic E-state index is -0.492. The summed E-state index contributed by atoms with van der Waals surface area (Å²) in [6, 6.07) is 9.34. The lowest BCUT2D eigenvalue weighted by molar-refractivity contribution is 0.322. The Bertz CT molecular complexity index is 617. The van der Waals surface area contributed by atoms with Crippen molar-refractivity contribution in [2.45, 2.75) is 13.3 Å². The van der Waals surface area contributed by atoms with Gasteiger partial charge in [0.15, 0.2) is 11.6 Å². The summed E-state index contributed by atoms with van der Waals surface area (Å²) in [5.74, 6) is -0.574. The average Bonchev–Trinajstić information content (AvgIpc) is 2.46. The van der Waals surface area contributed by atoms with Gasteiger partial charge in [0, 0.05) is 18.7 Å². The second kappa shape index (κ2) is 6.92. The van der Waals surface area contributed by atoms with Gasteiger partial charge in [-0.2, -0.15) is 0 Å². The van der Waals surface area contributed by atoms with Crippen LogP contribution < -0.4 is 15.8 Å². The van der Waals surface area contributed by atoms with E-state index in [1.165, 1.54) is 18.2 Å². The Morgan fingerprint density at radius 2 is 1.90 bits per heavy atom. The highest BCUT2D eigenvalue weighted by atomic mass is 19.1. The molecule has 5 heteroatoms. The number of anilines is 2. The lowest BCUT2D eigenvalue weighted by Gasteiger charge is -2.13. The molecule has 0 saturated carbocycles. The molecule has 0 aromatic heterocycles. The van der Waals surface area contributed by atoms with Crippen LogP contribution in [0.15, 0.2) is 36.4 Å². The van der Waals surface area contributed by atoms with Crippen molar-refractivity contribution < 1.29 is 13.5 Å². The van der Waals surface area contributed by atoms with Crippen molar-refractivity contribution in [2.24, 2.45) is 0 Å². The molecule has 0 saturated heterocycles. The number of nitrogen functional groups attached to an aromatic ring is 1. The second-order valence-corrected chi connectivity index (χ2v) is 4.57. The van der Waals surface area contributed by atoms with Crippen LogP contribution in [0.3, 0.4) is 0 Å². The summed E-state index contributed by atoms with van der Waals surface area (Å²) in [6.07, 6.45) is 0.507. The summed E-state index contributed by atoms with van der Waals surface area (Å²) in [6.45, 7) is 2.64. The maximum Gasteiger partial charge on any atom is 0.167 e. The van der Waals surface area contributed by atoms with Crippen LogP contribution in [-0.4, -0.2) is 13.2 Å². The van der Waals surface area contributed by atoms with Gasteiger partial charge in [-0.15, -0.1) is 0 Å². The van der Waals surface area contributed by atoms with Crippen LogP contribution in [0.2, 0.25) is 0 Å². The average molecular weight is 292 g/mol. The Morgan fingerprint density at radius 1 is 1.14 bits per heavy atom. The number of nitrogens with two attached hydrogens (primary N) is 1. The predicted octanol–water partition coefficient (Wildman–Crippen LogP) is 3.60. The zero-order valence-corrected chi connectivity index (χ0v) is 11.8. The Kier molecular flexibility index (Phi) is 4.98. The highest BCUT2D eigenvalue weighted by Crippen LogP contribution is 2.28. The van der Waals surface area contributed by atoms with Gasteiger partial charge in [0.25, 0.3) is 0 Å². The van der Waals surface area contributed by atoms with E-state index in [4.69, 9.17) is 10.5 Å². The fourth-order valence-electron chi connectivity index (χ4n) is 2.02. The minimum Gasteiger partial charge on any atom is -0.491 e. The molecule has 2 aromatic rings. The standard InChI is InChI=1S/C16H18F2N2O/c1-2-21-16-10-15(14(19)9-13(16)18)20-8-7-11-5-3-4-6-12(11)17/h3-6,9-10,20H,2,7-8,19H2,1H3. The van der Waals surface area contributed by atoms with Crippen molar-refractivity contribution in [3.8, 4) is 5.75 Å². The van der Waals surface area contributed by atoms with Crippen LogP contribution in [0.25, 0.3) is 0 Å². The monoisotopic (exact) mass is 292 g/mol. The highest BCUT2D eigenvalue weighted by Gasteiger charge is 2.09. The molecule has 0 fully saturated rings. The Morgan fingerprint density at radius 3 is 2.62 bits per heavy atom. The third kappa shape index (κ3) is 3.84. The van der Waals surface area contributed by atoms with E-state index in [1.807, 2.05) is 0 Å². The molecule has 112 valence electrons. The number of nitrogens with one attached hydrogen (secondary N) is 1. The molecule has 2 rings (SSSR count). The van der Waals surface area contributed by atoms with Gasteiger partial charge in [-0.05, 0) is 25.0 Å². The maximum atomic E-state index is 13.6. The predicted molar refractivity (Wildman–Crippen MR) is 80.6 cm³/mol. The van der Waals surface area contributed by atoms with Gasteiger partial charge in [0.05, 0.1) is 18.0 Å². The van der Waals surface area contributed by atoms with Crippen LogP contribution in [-0.2, 0) is 6.42 Å². The number of ether oxygens (including phenoxy) is 1. The molecule has 0 radical (unpaired) electrons. The van der Waals surface area contributed by atoms with Gasteiger partial charge in [0.1, 0.15) is 5.82 Å². The highest BCUT2D eigenvalue weighted by molar-refractivity contribution is 5.68. The molecular formula is C16H18F2N2O. The summed E-state index contributed by atoms with van der Waals surface area (Å²) < 4.78 is 32.3. The Labute approximate surface area is 122 Å². The lowest BCUT2D eigenvalue weighted by atomic mass is 10.1. The summed E-state index contributed by atoms with van der Waals surface area (Å²) in [5.41, 5.74) is 7.26. The number of halogens is 2. The first-order chi connectivity index (χ1) is 10.1.